The van der Waals surface area contributed by atoms with Crippen molar-refractivity contribution >= 4 is 21.8 Å². The first-order valence-corrected chi connectivity index (χ1v) is 7.50. The molecule has 0 aromatic heterocycles. The SMILES string of the molecule is CC(C)(C)CC(Br)CNC(=O)c1cccc(C(F)(F)F)c1. The Kier molecular flexibility index (Phi) is 5.84. The first-order valence-electron chi connectivity index (χ1n) is 6.58. The minimum Gasteiger partial charge on any atom is -0.351 e. The van der Waals surface area contributed by atoms with Gasteiger partial charge in [0.05, 0.1) is 5.56 Å². The molecule has 0 aliphatic rings. The van der Waals surface area contributed by atoms with Crippen molar-refractivity contribution in [3.8, 4) is 0 Å². The Balaban J connectivity index is 2.65. The van der Waals surface area contributed by atoms with Crippen molar-refractivity contribution in [3.05, 3.63) is 35.4 Å². The van der Waals surface area contributed by atoms with Crippen molar-refractivity contribution in [2.75, 3.05) is 6.54 Å². The molecule has 0 aliphatic carbocycles. The first-order chi connectivity index (χ1) is 9.49. The Bertz CT molecular complexity index is 494. The predicted molar refractivity (Wildman–Crippen MR) is 80.6 cm³/mol. The number of rotatable bonds is 4. The Morgan fingerprint density at radius 1 is 1.29 bits per heavy atom. The molecule has 0 aliphatic heterocycles. The number of alkyl halides is 4. The highest BCUT2D eigenvalue weighted by molar-refractivity contribution is 9.09. The third-order valence-electron chi connectivity index (χ3n) is 2.77. The standard InChI is InChI=1S/C15H19BrF3NO/c1-14(2,3)8-12(16)9-20-13(21)10-5-4-6-11(7-10)15(17,18)19/h4-7,12H,8-9H2,1-3H3,(H,20,21). The third-order valence-corrected chi connectivity index (χ3v) is 3.42. The fraction of sp³-hybridized carbons (Fsp3) is 0.533. The molecule has 1 unspecified atom stereocenters. The van der Waals surface area contributed by atoms with Gasteiger partial charge < -0.3 is 5.32 Å². The molecule has 6 heteroatoms. The minimum atomic E-state index is -4.44. The molecule has 1 aromatic rings. The van der Waals surface area contributed by atoms with E-state index in [0.717, 1.165) is 18.6 Å². The molecule has 1 amide bonds. The number of hydrogen-bond donors (Lipinski definition) is 1. The van der Waals surface area contributed by atoms with E-state index in [1.807, 2.05) is 0 Å². The van der Waals surface area contributed by atoms with Gasteiger partial charge in [0.15, 0.2) is 0 Å². The lowest BCUT2D eigenvalue weighted by molar-refractivity contribution is -0.137. The van der Waals surface area contributed by atoms with Gasteiger partial charge in [-0.3, -0.25) is 4.79 Å². The summed E-state index contributed by atoms with van der Waals surface area (Å²) in [6.07, 6.45) is -3.60. The van der Waals surface area contributed by atoms with Gasteiger partial charge >= 0.3 is 6.18 Å². The van der Waals surface area contributed by atoms with Gasteiger partial charge in [-0.2, -0.15) is 13.2 Å². The van der Waals surface area contributed by atoms with Crippen molar-refractivity contribution in [1.82, 2.24) is 5.32 Å². The molecule has 118 valence electrons. The first kappa shape index (κ1) is 18.0. The van der Waals surface area contributed by atoms with E-state index >= 15 is 0 Å². The molecule has 1 N–H and O–H groups in total. The highest BCUT2D eigenvalue weighted by Gasteiger charge is 2.30. The smallest absolute Gasteiger partial charge is 0.351 e. The highest BCUT2D eigenvalue weighted by atomic mass is 79.9. The molecule has 1 rings (SSSR count). The molecule has 21 heavy (non-hydrogen) atoms. The zero-order chi connectivity index (χ0) is 16.3. The van der Waals surface area contributed by atoms with Gasteiger partial charge in [-0.15, -0.1) is 0 Å². The quantitative estimate of drug-likeness (QED) is 0.774. The molecular weight excluding hydrogens is 347 g/mol. The average Bonchev–Trinajstić information content (AvgIpc) is 2.33. The average molecular weight is 366 g/mol. The van der Waals surface area contributed by atoms with Gasteiger partial charge in [0, 0.05) is 16.9 Å². The molecule has 0 radical (unpaired) electrons. The minimum absolute atomic E-state index is 0.0142. The van der Waals surface area contributed by atoms with Crippen molar-refractivity contribution in [2.24, 2.45) is 5.41 Å². The van der Waals surface area contributed by atoms with E-state index in [4.69, 9.17) is 0 Å². The number of benzene rings is 1. The summed E-state index contributed by atoms with van der Waals surface area (Å²) in [6.45, 7) is 6.61. The van der Waals surface area contributed by atoms with E-state index in [1.165, 1.54) is 12.1 Å². The lowest BCUT2D eigenvalue weighted by Gasteiger charge is -2.22. The number of halogens is 4. The highest BCUT2D eigenvalue weighted by Crippen LogP contribution is 2.29. The van der Waals surface area contributed by atoms with E-state index in [-0.39, 0.29) is 15.8 Å². The van der Waals surface area contributed by atoms with Crippen LogP contribution in [0.2, 0.25) is 0 Å². The van der Waals surface area contributed by atoms with Gasteiger partial charge in [-0.25, -0.2) is 0 Å². The molecule has 0 fully saturated rings. The van der Waals surface area contributed by atoms with Gasteiger partial charge in [0.1, 0.15) is 0 Å². The molecule has 0 bridgehead atoms. The second-order valence-corrected chi connectivity index (χ2v) is 7.45. The third kappa shape index (κ3) is 6.50. The number of carbonyl (C=O) groups is 1. The zero-order valence-electron chi connectivity index (χ0n) is 12.2. The van der Waals surface area contributed by atoms with E-state index in [0.29, 0.717) is 6.54 Å². The number of hydrogen-bond acceptors (Lipinski definition) is 1. The summed E-state index contributed by atoms with van der Waals surface area (Å²) in [5, 5.41) is 2.65. The van der Waals surface area contributed by atoms with Gasteiger partial charge in [-0.05, 0) is 30.0 Å². The zero-order valence-corrected chi connectivity index (χ0v) is 13.8. The van der Waals surface area contributed by atoms with Crippen LogP contribution >= 0.6 is 15.9 Å². The maximum atomic E-state index is 12.6. The summed E-state index contributed by atoms with van der Waals surface area (Å²) < 4.78 is 37.8. The van der Waals surface area contributed by atoms with Crippen molar-refractivity contribution in [2.45, 2.75) is 38.2 Å². The lowest BCUT2D eigenvalue weighted by atomic mass is 9.90. The van der Waals surface area contributed by atoms with Crippen LogP contribution in [-0.2, 0) is 6.18 Å². The van der Waals surface area contributed by atoms with Gasteiger partial charge in [-0.1, -0.05) is 42.8 Å². The van der Waals surface area contributed by atoms with Crippen LogP contribution in [0.5, 0.6) is 0 Å². The maximum absolute atomic E-state index is 12.6. The normalized spacial score (nSPS) is 13.9. The molecular formula is C15H19BrF3NO. The molecule has 1 atom stereocenters. The Hall–Kier alpha value is -1.04. The van der Waals surface area contributed by atoms with E-state index in [9.17, 15) is 18.0 Å². The summed E-state index contributed by atoms with van der Waals surface area (Å²) in [4.78, 5) is 12.0. The summed E-state index contributed by atoms with van der Waals surface area (Å²) in [6, 6.07) is 4.42. The Morgan fingerprint density at radius 2 is 1.90 bits per heavy atom. The second kappa shape index (κ2) is 6.81. The van der Waals surface area contributed by atoms with Gasteiger partial charge in [0.25, 0.3) is 5.91 Å². The maximum Gasteiger partial charge on any atom is 0.416 e. The number of carbonyl (C=O) groups excluding carboxylic acids is 1. The topological polar surface area (TPSA) is 29.1 Å². The lowest BCUT2D eigenvalue weighted by Crippen LogP contribution is -2.31. The molecule has 0 saturated carbocycles. The molecule has 0 saturated heterocycles. The van der Waals surface area contributed by atoms with Crippen LogP contribution in [0.1, 0.15) is 43.1 Å². The number of nitrogens with one attached hydrogen (secondary N) is 1. The van der Waals surface area contributed by atoms with Gasteiger partial charge in [0.2, 0.25) is 0 Å². The van der Waals surface area contributed by atoms with Crippen LogP contribution in [0.3, 0.4) is 0 Å². The largest absolute Gasteiger partial charge is 0.416 e. The number of amides is 1. The monoisotopic (exact) mass is 365 g/mol. The van der Waals surface area contributed by atoms with Crippen molar-refractivity contribution in [3.63, 3.8) is 0 Å². The summed E-state index contributed by atoms with van der Waals surface area (Å²) >= 11 is 3.47. The Morgan fingerprint density at radius 3 is 2.43 bits per heavy atom. The summed E-state index contributed by atoms with van der Waals surface area (Å²) in [5.74, 6) is -0.501. The fourth-order valence-electron chi connectivity index (χ4n) is 1.88. The second-order valence-electron chi connectivity index (χ2n) is 6.15. The van der Waals surface area contributed by atoms with Crippen molar-refractivity contribution in [1.29, 1.82) is 0 Å². The van der Waals surface area contributed by atoms with E-state index < -0.39 is 17.6 Å². The fourth-order valence-corrected chi connectivity index (χ4v) is 3.01. The van der Waals surface area contributed by atoms with Crippen LogP contribution in [-0.4, -0.2) is 17.3 Å². The predicted octanol–water partition coefficient (Wildman–Crippen LogP) is 4.63. The summed E-state index contributed by atoms with van der Waals surface area (Å²) in [5.41, 5.74) is -0.699. The van der Waals surface area contributed by atoms with Crippen LogP contribution in [0.4, 0.5) is 13.2 Å². The van der Waals surface area contributed by atoms with Crippen LogP contribution in [0.15, 0.2) is 24.3 Å². The van der Waals surface area contributed by atoms with Crippen LogP contribution in [0.25, 0.3) is 0 Å². The molecule has 0 spiro atoms. The van der Waals surface area contributed by atoms with Crippen molar-refractivity contribution < 1.29 is 18.0 Å². The van der Waals surface area contributed by atoms with E-state index in [1.54, 1.807) is 0 Å². The molecule has 1 aromatic carbocycles. The van der Waals surface area contributed by atoms with Crippen LogP contribution < -0.4 is 5.32 Å². The molecule has 2 nitrogen and oxygen atoms in total. The van der Waals surface area contributed by atoms with E-state index in [2.05, 4.69) is 42.0 Å². The Labute approximate surface area is 131 Å². The summed E-state index contributed by atoms with van der Waals surface area (Å²) in [7, 11) is 0. The van der Waals surface area contributed by atoms with Crippen LogP contribution in [0, 0.1) is 5.41 Å². The molecule has 0 heterocycles.